The van der Waals surface area contributed by atoms with E-state index in [2.05, 4.69) is 29.2 Å². The van der Waals surface area contributed by atoms with Crippen LogP contribution in [-0.2, 0) is 16.1 Å². The van der Waals surface area contributed by atoms with Crippen molar-refractivity contribution in [3.8, 4) is 11.5 Å². The fourth-order valence-corrected chi connectivity index (χ4v) is 3.87. The Morgan fingerprint density at radius 1 is 1.07 bits per heavy atom. The summed E-state index contributed by atoms with van der Waals surface area (Å²) in [6.45, 7) is 5.62. The van der Waals surface area contributed by atoms with Crippen molar-refractivity contribution in [1.29, 1.82) is 0 Å². The number of carbonyl (C=O) groups excluding carboxylic acids is 1. The Kier molecular flexibility index (Phi) is 5.81. The summed E-state index contributed by atoms with van der Waals surface area (Å²) in [5.41, 5.74) is 2.40. The third kappa shape index (κ3) is 4.30. The maximum atomic E-state index is 11.9. The van der Waals surface area contributed by atoms with Crippen LogP contribution in [0.5, 0.6) is 11.5 Å². The van der Waals surface area contributed by atoms with E-state index in [-0.39, 0.29) is 18.0 Å². The van der Waals surface area contributed by atoms with Gasteiger partial charge in [0.15, 0.2) is 17.6 Å². The number of piperidine rings is 1. The average molecular weight is 381 g/mol. The fraction of sp³-hybridized carbons (Fsp3) is 0.435. The summed E-state index contributed by atoms with van der Waals surface area (Å²) in [5, 5.41) is 0. The van der Waals surface area contributed by atoms with E-state index in [9.17, 15) is 4.79 Å². The first-order valence-electron chi connectivity index (χ1n) is 10.1. The van der Waals surface area contributed by atoms with Crippen molar-refractivity contribution >= 4 is 5.97 Å². The van der Waals surface area contributed by atoms with E-state index in [1.807, 2.05) is 31.2 Å². The molecule has 1 fully saturated rings. The van der Waals surface area contributed by atoms with Gasteiger partial charge >= 0.3 is 5.97 Å². The Hall–Kier alpha value is -2.53. The van der Waals surface area contributed by atoms with E-state index < -0.39 is 0 Å². The Bertz CT molecular complexity index is 797. The van der Waals surface area contributed by atoms with Gasteiger partial charge in [0.05, 0.1) is 12.5 Å². The molecule has 2 aromatic carbocycles. The lowest BCUT2D eigenvalue weighted by atomic mass is 9.96. The highest BCUT2D eigenvalue weighted by atomic mass is 16.6. The topological polar surface area (TPSA) is 48.0 Å². The van der Waals surface area contributed by atoms with Crippen molar-refractivity contribution in [2.45, 2.75) is 32.4 Å². The predicted octanol–water partition coefficient (Wildman–Crippen LogP) is 3.97. The van der Waals surface area contributed by atoms with Gasteiger partial charge in [0.25, 0.3) is 0 Å². The molecule has 0 aromatic heterocycles. The van der Waals surface area contributed by atoms with E-state index in [4.69, 9.17) is 14.2 Å². The first-order chi connectivity index (χ1) is 13.7. The van der Waals surface area contributed by atoms with Crippen molar-refractivity contribution in [2.75, 3.05) is 26.3 Å². The monoisotopic (exact) mass is 381 g/mol. The van der Waals surface area contributed by atoms with Crippen LogP contribution in [0.3, 0.4) is 0 Å². The molecule has 0 aliphatic carbocycles. The molecular weight excluding hydrogens is 354 g/mol. The van der Waals surface area contributed by atoms with Gasteiger partial charge in [-0.2, -0.15) is 0 Å². The standard InChI is InChI=1S/C23H27NO4/c1-2-26-23(25)19-11-13-24(14-12-19)15-17-7-9-18(10-8-17)22-16-27-20-5-3-4-6-21(20)28-22/h3-10,19,22H,2,11-16H2,1H3/t22-/m0/s1. The Morgan fingerprint density at radius 3 is 2.50 bits per heavy atom. The van der Waals surface area contributed by atoms with E-state index in [0.717, 1.165) is 49.5 Å². The third-order valence-electron chi connectivity index (χ3n) is 5.47. The number of fused-ring (bicyclic) bond motifs is 1. The van der Waals surface area contributed by atoms with Crippen molar-refractivity contribution in [1.82, 2.24) is 4.90 Å². The van der Waals surface area contributed by atoms with Crippen LogP contribution >= 0.6 is 0 Å². The third-order valence-corrected chi connectivity index (χ3v) is 5.47. The molecule has 2 aliphatic heterocycles. The normalized spacial score (nSPS) is 20.0. The number of benzene rings is 2. The number of esters is 1. The van der Waals surface area contributed by atoms with Crippen LogP contribution in [0.1, 0.15) is 37.0 Å². The highest BCUT2D eigenvalue weighted by Crippen LogP contribution is 2.35. The molecule has 0 unspecified atom stereocenters. The summed E-state index contributed by atoms with van der Waals surface area (Å²) in [4.78, 5) is 14.3. The van der Waals surface area contributed by atoms with E-state index >= 15 is 0 Å². The maximum absolute atomic E-state index is 11.9. The van der Waals surface area contributed by atoms with Crippen LogP contribution in [0.4, 0.5) is 0 Å². The summed E-state index contributed by atoms with van der Waals surface area (Å²) in [6.07, 6.45) is 1.68. The molecule has 2 aromatic rings. The number of nitrogens with zero attached hydrogens (tertiary/aromatic N) is 1. The Labute approximate surface area is 166 Å². The molecule has 5 heteroatoms. The first-order valence-corrected chi connectivity index (χ1v) is 10.1. The molecule has 28 heavy (non-hydrogen) atoms. The lowest BCUT2D eigenvalue weighted by Gasteiger charge is -2.31. The van der Waals surface area contributed by atoms with Gasteiger partial charge in [-0.25, -0.2) is 0 Å². The molecule has 1 saturated heterocycles. The summed E-state index contributed by atoms with van der Waals surface area (Å²) >= 11 is 0. The van der Waals surface area contributed by atoms with E-state index in [1.54, 1.807) is 0 Å². The molecule has 2 aliphatic rings. The second kappa shape index (κ2) is 8.65. The van der Waals surface area contributed by atoms with Gasteiger partial charge in [0.2, 0.25) is 0 Å². The second-order valence-electron chi connectivity index (χ2n) is 7.41. The van der Waals surface area contributed by atoms with Gasteiger partial charge < -0.3 is 14.2 Å². The van der Waals surface area contributed by atoms with Gasteiger partial charge in [0, 0.05) is 6.54 Å². The largest absolute Gasteiger partial charge is 0.485 e. The Morgan fingerprint density at radius 2 is 1.79 bits per heavy atom. The van der Waals surface area contributed by atoms with Crippen molar-refractivity contribution < 1.29 is 19.0 Å². The van der Waals surface area contributed by atoms with Gasteiger partial charge in [-0.15, -0.1) is 0 Å². The van der Waals surface area contributed by atoms with Crippen LogP contribution < -0.4 is 9.47 Å². The van der Waals surface area contributed by atoms with Gasteiger partial charge in [0.1, 0.15) is 6.61 Å². The summed E-state index contributed by atoms with van der Waals surface area (Å²) in [5.74, 6) is 1.63. The number of para-hydroxylation sites is 2. The number of likely N-dealkylation sites (tertiary alicyclic amines) is 1. The smallest absolute Gasteiger partial charge is 0.309 e. The fourth-order valence-electron chi connectivity index (χ4n) is 3.87. The second-order valence-corrected chi connectivity index (χ2v) is 7.41. The maximum Gasteiger partial charge on any atom is 0.309 e. The minimum atomic E-state index is -0.0794. The molecule has 2 heterocycles. The molecule has 0 amide bonds. The quantitative estimate of drug-likeness (QED) is 0.734. The van der Waals surface area contributed by atoms with Gasteiger partial charge in [-0.3, -0.25) is 9.69 Å². The first kappa shape index (κ1) is 18.8. The van der Waals surface area contributed by atoms with Crippen LogP contribution in [-0.4, -0.2) is 37.2 Å². The molecule has 0 saturated carbocycles. The zero-order valence-corrected chi connectivity index (χ0v) is 16.3. The van der Waals surface area contributed by atoms with Gasteiger partial charge in [-0.05, 0) is 56.1 Å². The van der Waals surface area contributed by atoms with Crippen molar-refractivity contribution in [3.63, 3.8) is 0 Å². The van der Waals surface area contributed by atoms with Gasteiger partial charge in [-0.1, -0.05) is 36.4 Å². The van der Waals surface area contributed by atoms with Crippen LogP contribution in [0.15, 0.2) is 48.5 Å². The van der Waals surface area contributed by atoms with Crippen LogP contribution in [0, 0.1) is 5.92 Å². The molecule has 0 radical (unpaired) electrons. The minimum Gasteiger partial charge on any atom is -0.485 e. The molecule has 0 N–H and O–H groups in total. The number of rotatable bonds is 5. The SMILES string of the molecule is CCOC(=O)C1CCN(Cc2ccc([C@@H]3COc4ccccc4O3)cc2)CC1. The summed E-state index contributed by atoms with van der Waals surface area (Å²) in [7, 11) is 0. The number of hydrogen-bond acceptors (Lipinski definition) is 5. The zero-order chi connectivity index (χ0) is 19.3. The Balaban J connectivity index is 1.30. The lowest BCUT2D eigenvalue weighted by Crippen LogP contribution is -2.36. The van der Waals surface area contributed by atoms with Crippen LogP contribution in [0.2, 0.25) is 0 Å². The van der Waals surface area contributed by atoms with E-state index in [0.29, 0.717) is 13.2 Å². The molecule has 1 atom stereocenters. The lowest BCUT2D eigenvalue weighted by molar-refractivity contribution is -0.149. The number of carbonyl (C=O) groups is 1. The van der Waals surface area contributed by atoms with Crippen molar-refractivity contribution in [2.24, 2.45) is 5.92 Å². The molecule has 0 bridgehead atoms. The van der Waals surface area contributed by atoms with Crippen LogP contribution in [0.25, 0.3) is 0 Å². The minimum absolute atomic E-state index is 0.0391. The molecule has 5 nitrogen and oxygen atoms in total. The number of hydrogen-bond donors (Lipinski definition) is 0. The molecule has 0 spiro atoms. The van der Waals surface area contributed by atoms with E-state index in [1.165, 1.54) is 5.56 Å². The molecule has 4 rings (SSSR count). The zero-order valence-electron chi connectivity index (χ0n) is 16.3. The number of ether oxygens (including phenoxy) is 3. The average Bonchev–Trinajstić information content (AvgIpc) is 2.75. The summed E-state index contributed by atoms with van der Waals surface area (Å²) < 4.78 is 17.0. The highest BCUT2D eigenvalue weighted by molar-refractivity contribution is 5.72. The summed E-state index contributed by atoms with van der Waals surface area (Å²) in [6, 6.07) is 16.4. The molecular formula is C23H27NO4. The van der Waals surface area contributed by atoms with Crippen molar-refractivity contribution in [3.05, 3.63) is 59.7 Å². The highest BCUT2D eigenvalue weighted by Gasteiger charge is 2.26. The molecule has 148 valence electrons. The predicted molar refractivity (Wildman–Crippen MR) is 106 cm³/mol.